The highest BCUT2D eigenvalue weighted by Crippen LogP contribution is 2.14. The number of hydrogen-bond acceptors (Lipinski definition) is 5. The lowest BCUT2D eigenvalue weighted by Crippen LogP contribution is -2.28. The first-order valence-corrected chi connectivity index (χ1v) is 6.45. The standard InChI is InChI=1S/C14H25N3O2/c1-14(2,3)17-13-8-6-7-12(16-13)15-9-11(19-5)10-18-4/h6-8,11H,9-10H2,1-5H3,(H2,15,16,17). The summed E-state index contributed by atoms with van der Waals surface area (Å²) in [7, 11) is 3.34. The Morgan fingerprint density at radius 1 is 1.21 bits per heavy atom. The number of hydrogen-bond donors (Lipinski definition) is 2. The highest BCUT2D eigenvalue weighted by molar-refractivity contribution is 5.46. The van der Waals surface area contributed by atoms with Crippen LogP contribution in [0.15, 0.2) is 18.2 Å². The molecular weight excluding hydrogens is 242 g/mol. The molecule has 0 spiro atoms. The molecule has 0 bridgehead atoms. The summed E-state index contributed by atoms with van der Waals surface area (Å²) in [6.07, 6.45) is 0.0195. The van der Waals surface area contributed by atoms with Crippen molar-refractivity contribution in [2.24, 2.45) is 0 Å². The molecule has 0 aliphatic carbocycles. The molecule has 1 unspecified atom stereocenters. The highest BCUT2D eigenvalue weighted by Gasteiger charge is 2.11. The highest BCUT2D eigenvalue weighted by atomic mass is 16.5. The molecule has 0 fully saturated rings. The monoisotopic (exact) mass is 267 g/mol. The van der Waals surface area contributed by atoms with Crippen LogP contribution < -0.4 is 10.6 Å². The van der Waals surface area contributed by atoms with E-state index in [9.17, 15) is 0 Å². The topological polar surface area (TPSA) is 55.4 Å². The van der Waals surface area contributed by atoms with E-state index in [1.807, 2.05) is 18.2 Å². The Morgan fingerprint density at radius 3 is 2.47 bits per heavy atom. The summed E-state index contributed by atoms with van der Waals surface area (Å²) in [5, 5.41) is 6.59. The normalized spacial score (nSPS) is 13.1. The molecule has 0 aliphatic heterocycles. The molecule has 0 aliphatic rings. The summed E-state index contributed by atoms with van der Waals surface area (Å²) >= 11 is 0. The average molecular weight is 267 g/mol. The van der Waals surface area contributed by atoms with Gasteiger partial charge in [-0.3, -0.25) is 0 Å². The van der Waals surface area contributed by atoms with E-state index in [2.05, 4.69) is 36.4 Å². The van der Waals surface area contributed by atoms with Crippen molar-refractivity contribution in [2.45, 2.75) is 32.4 Å². The molecule has 108 valence electrons. The number of anilines is 2. The Bertz CT molecular complexity index is 377. The van der Waals surface area contributed by atoms with Gasteiger partial charge in [-0.05, 0) is 32.9 Å². The Kier molecular flexibility index (Phi) is 6.05. The Labute approximate surface area is 115 Å². The average Bonchev–Trinajstić information content (AvgIpc) is 2.33. The molecule has 0 saturated carbocycles. The van der Waals surface area contributed by atoms with E-state index in [1.165, 1.54) is 0 Å². The second-order valence-corrected chi connectivity index (χ2v) is 5.48. The third kappa shape index (κ3) is 6.40. The zero-order chi connectivity index (χ0) is 14.3. The summed E-state index contributed by atoms with van der Waals surface area (Å²) < 4.78 is 10.4. The fourth-order valence-corrected chi connectivity index (χ4v) is 1.60. The smallest absolute Gasteiger partial charge is 0.128 e. The Hall–Kier alpha value is -1.33. The van der Waals surface area contributed by atoms with Gasteiger partial charge in [-0.1, -0.05) is 6.07 Å². The lowest BCUT2D eigenvalue weighted by Gasteiger charge is -2.22. The third-order valence-corrected chi connectivity index (χ3v) is 2.45. The largest absolute Gasteiger partial charge is 0.382 e. The van der Waals surface area contributed by atoms with Gasteiger partial charge in [0.05, 0.1) is 12.7 Å². The maximum Gasteiger partial charge on any atom is 0.128 e. The molecule has 19 heavy (non-hydrogen) atoms. The van der Waals surface area contributed by atoms with E-state index >= 15 is 0 Å². The van der Waals surface area contributed by atoms with Crippen LogP contribution in [0.3, 0.4) is 0 Å². The van der Waals surface area contributed by atoms with Crippen LogP contribution in [0.5, 0.6) is 0 Å². The summed E-state index contributed by atoms with van der Waals surface area (Å²) in [5.41, 5.74) is -0.00324. The SMILES string of the molecule is COCC(CNc1cccc(NC(C)(C)C)n1)OC. The van der Waals surface area contributed by atoms with E-state index in [4.69, 9.17) is 9.47 Å². The predicted octanol–water partition coefficient (Wildman–Crippen LogP) is 2.37. The van der Waals surface area contributed by atoms with Crippen molar-refractivity contribution in [2.75, 3.05) is 38.0 Å². The summed E-state index contributed by atoms with van der Waals surface area (Å²) in [6.45, 7) is 7.54. The number of ether oxygens (including phenoxy) is 2. The van der Waals surface area contributed by atoms with Crippen LogP contribution in [-0.4, -0.2) is 44.0 Å². The zero-order valence-corrected chi connectivity index (χ0v) is 12.5. The van der Waals surface area contributed by atoms with Gasteiger partial charge in [0.25, 0.3) is 0 Å². The van der Waals surface area contributed by atoms with E-state index in [-0.39, 0.29) is 11.6 Å². The number of aromatic nitrogens is 1. The van der Waals surface area contributed by atoms with Crippen molar-refractivity contribution < 1.29 is 9.47 Å². The van der Waals surface area contributed by atoms with Crippen molar-refractivity contribution in [3.05, 3.63) is 18.2 Å². The van der Waals surface area contributed by atoms with Gasteiger partial charge >= 0.3 is 0 Å². The van der Waals surface area contributed by atoms with Crippen LogP contribution in [0, 0.1) is 0 Å². The van der Waals surface area contributed by atoms with Crippen molar-refractivity contribution in [3.63, 3.8) is 0 Å². The van der Waals surface area contributed by atoms with E-state index in [0.29, 0.717) is 13.2 Å². The van der Waals surface area contributed by atoms with Gasteiger partial charge in [0, 0.05) is 26.3 Å². The van der Waals surface area contributed by atoms with E-state index < -0.39 is 0 Å². The predicted molar refractivity (Wildman–Crippen MR) is 78.8 cm³/mol. The molecule has 0 radical (unpaired) electrons. The molecule has 1 aromatic heterocycles. The minimum atomic E-state index is -0.00324. The second-order valence-electron chi connectivity index (χ2n) is 5.48. The van der Waals surface area contributed by atoms with Gasteiger partial charge in [0.1, 0.15) is 11.6 Å². The zero-order valence-electron chi connectivity index (χ0n) is 12.5. The van der Waals surface area contributed by atoms with Crippen LogP contribution in [0.2, 0.25) is 0 Å². The summed E-state index contributed by atoms with van der Waals surface area (Å²) in [6, 6.07) is 5.87. The molecule has 1 heterocycles. The number of rotatable bonds is 7. The molecule has 1 aromatic rings. The fraction of sp³-hybridized carbons (Fsp3) is 0.643. The van der Waals surface area contributed by atoms with E-state index in [0.717, 1.165) is 11.6 Å². The van der Waals surface area contributed by atoms with Gasteiger partial charge < -0.3 is 20.1 Å². The first kappa shape index (κ1) is 15.7. The molecule has 5 nitrogen and oxygen atoms in total. The minimum Gasteiger partial charge on any atom is -0.382 e. The maximum absolute atomic E-state index is 5.29. The molecule has 5 heteroatoms. The Balaban J connectivity index is 2.57. The fourth-order valence-electron chi connectivity index (χ4n) is 1.60. The van der Waals surface area contributed by atoms with Crippen LogP contribution >= 0.6 is 0 Å². The number of pyridine rings is 1. The van der Waals surface area contributed by atoms with Crippen LogP contribution in [0.25, 0.3) is 0 Å². The molecule has 0 saturated heterocycles. The van der Waals surface area contributed by atoms with Crippen molar-refractivity contribution >= 4 is 11.6 Å². The summed E-state index contributed by atoms with van der Waals surface area (Å²) in [5.74, 6) is 1.69. The van der Waals surface area contributed by atoms with Gasteiger partial charge in [-0.2, -0.15) is 0 Å². The van der Waals surface area contributed by atoms with Crippen LogP contribution in [0.1, 0.15) is 20.8 Å². The van der Waals surface area contributed by atoms with Gasteiger partial charge in [0.2, 0.25) is 0 Å². The number of nitrogens with zero attached hydrogens (tertiary/aromatic N) is 1. The van der Waals surface area contributed by atoms with Gasteiger partial charge in [-0.15, -0.1) is 0 Å². The summed E-state index contributed by atoms with van der Waals surface area (Å²) in [4.78, 5) is 4.51. The lowest BCUT2D eigenvalue weighted by molar-refractivity contribution is 0.0365. The Morgan fingerprint density at radius 2 is 1.89 bits per heavy atom. The van der Waals surface area contributed by atoms with Crippen molar-refractivity contribution in [3.8, 4) is 0 Å². The molecule has 0 aromatic carbocycles. The second kappa shape index (κ2) is 7.31. The third-order valence-electron chi connectivity index (χ3n) is 2.45. The van der Waals surface area contributed by atoms with E-state index in [1.54, 1.807) is 14.2 Å². The van der Waals surface area contributed by atoms with Gasteiger partial charge in [-0.25, -0.2) is 4.98 Å². The molecule has 1 rings (SSSR count). The van der Waals surface area contributed by atoms with Crippen molar-refractivity contribution in [1.82, 2.24) is 4.98 Å². The number of nitrogens with one attached hydrogen (secondary N) is 2. The van der Waals surface area contributed by atoms with Crippen LogP contribution in [0.4, 0.5) is 11.6 Å². The van der Waals surface area contributed by atoms with Gasteiger partial charge in [0.15, 0.2) is 0 Å². The first-order valence-electron chi connectivity index (χ1n) is 6.45. The van der Waals surface area contributed by atoms with Crippen LogP contribution in [-0.2, 0) is 9.47 Å². The first-order chi connectivity index (χ1) is 8.94. The molecular formula is C14H25N3O2. The lowest BCUT2D eigenvalue weighted by atomic mass is 10.1. The molecule has 1 atom stereocenters. The molecule has 0 amide bonds. The van der Waals surface area contributed by atoms with Crippen molar-refractivity contribution in [1.29, 1.82) is 0 Å². The minimum absolute atomic E-state index is 0.00324. The molecule has 2 N–H and O–H groups in total. The number of methoxy groups -OCH3 is 2. The quantitative estimate of drug-likeness (QED) is 0.794. The maximum atomic E-state index is 5.29.